The van der Waals surface area contributed by atoms with Crippen LogP contribution in [0.15, 0.2) is 34.3 Å². The third-order valence-electron chi connectivity index (χ3n) is 4.46. The Hall–Kier alpha value is -1.29. The smallest absolute Gasteiger partial charge is 0.243 e. The first-order valence-corrected chi connectivity index (χ1v) is 8.49. The summed E-state index contributed by atoms with van der Waals surface area (Å²) in [6.07, 6.45) is 8.80. The van der Waals surface area contributed by atoms with Crippen LogP contribution in [0.25, 0.3) is 0 Å². The minimum Gasteiger partial charge on any atom is -0.273 e. The summed E-state index contributed by atoms with van der Waals surface area (Å²) in [6, 6.07) is 8.14. The summed E-state index contributed by atoms with van der Waals surface area (Å²) in [4.78, 5) is 13.3. The van der Waals surface area contributed by atoms with E-state index in [0.29, 0.717) is 11.8 Å². The standard InChI is InChI=1S/C16H20N2OS/c1-20-12-8-6-11(7-9-12)10-17-18-16(19)15-13-4-2-3-5-14(13)15/h6-10,13-15H,2-5H2,1H3,(H,18,19). The predicted octanol–water partition coefficient (Wildman–Crippen LogP) is 3.29. The monoisotopic (exact) mass is 288 g/mol. The molecular weight excluding hydrogens is 268 g/mol. The first kappa shape index (κ1) is 13.7. The van der Waals surface area contributed by atoms with Gasteiger partial charge in [0.2, 0.25) is 5.91 Å². The van der Waals surface area contributed by atoms with Crippen molar-refractivity contribution in [2.45, 2.75) is 30.6 Å². The highest BCUT2D eigenvalue weighted by molar-refractivity contribution is 7.98. The minimum absolute atomic E-state index is 0.110. The molecule has 20 heavy (non-hydrogen) atoms. The van der Waals surface area contributed by atoms with Crippen molar-refractivity contribution in [3.63, 3.8) is 0 Å². The van der Waals surface area contributed by atoms with Gasteiger partial charge < -0.3 is 0 Å². The molecule has 1 amide bonds. The van der Waals surface area contributed by atoms with E-state index in [4.69, 9.17) is 0 Å². The van der Waals surface area contributed by atoms with Crippen molar-refractivity contribution in [3.8, 4) is 0 Å². The van der Waals surface area contributed by atoms with Crippen molar-refractivity contribution in [1.29, 1.82) is 0 Å². The molecule has 1 aromatic rings. The molecule has 0 saturated heterocycles. The van der Waals surface area contributed by atoms with Crippen LogP contribution in [0, 0.1) is 17.8 Å². The van der Waals surface area contributed by atoms with E-state index < -0.39 is 0 Å². The lowest BCUT2D eigenvalue weighted by atomic mass is 10.0. The third kappa shape index (κ3) is 2.90. The van der Waals surface area contributed by atoms with Crippen molar-refractivity contribution < 1.29 is 4.79 Å². The topological polar surface area (TPSA) is 41.5 Å². The molecule has 2 fully saturated rings. The summed E-state index contributed by atoms with van der Waals surface area (Å²) < 4.78 is 0. The maximum absolute atomic E-state index is 12.0. The van der Waals surface area contributed by atoms with E-state index in [-0.39, 0.29) is 11.8 Å². The normalized spacial score (nSPS) is 28.1. The van der Waals surface area contributed by atoms with Crippen LogP contribution in [-0.2, 0) is 4.79 Å². The molecule has 0 radical (unpaired) electrons. The van der Waals surface area contributed by atoms with E-state index in [1.165, 1.54) is 30.6 Å². The van der Waals surface area contributed by atoms with Crippen molar-refractivity contribution >= 4 is 23.9 Å². The lowest BCUT2D eigenvalue weighted by Crippen LogP contribution is -2.20. The fourth-order valence-electron chi connectivity index (χ4n) is 3.32. The Balaban J connectivity index is 1.51. The zero-order valence-electron chi connectivity index (χ0n) is 11.7. The fraction of sp³-hybridized carbons (Fsp3) is 0.500. The zero-order valence-corrected chi connectivity index (χ0v) is 12.5. The van der Waals surface area contributed by atoms with Gasteiger partial charge in [0.25, 0.3) is 0 Å². The van der Waals surface area contributed by atoms with Gasteiger partial charge in [0.15, 0.2) is 0 Å². The van der Waals surface area contributed by atoms with Gasteiger partial charge in [-0.2, -0.15) is 5.10 Å². The molecule has 2 aliphatic carbocycles. The van der Waals surface area contributed by atoms with Gasteiger partial charge in [-0.25, -0.2) is 5.43 Å². The van der Waals surface area contributed by atoms with Gasteiger partial charge in [0.05, 0.1) is 6.21 Å². The first-order valence-electron chi connectivity index (χ1n) is 7.26. The molecule has 106 valence electrons. The van der Waals surface area contributed by atoms with E-state index in [9.17, 15) is 4.79 Å². The molecule has 1 N–H and O–H groups in total. The van der Waals surface area contributed by atoms with Crippen molar-refractivity contribution in [3.05, 3.63) is 29.8 Å². The molecule has 2 aliphatic rings. The first-order chi connectivity index (χ1) is 9.79. The van der Waals surface area contributed by atoms with Crippen LogP contribution in [0.3, 0.4) is 0 Å². The van der Waals surface area contributed by atoms with Crippen LogP contribution in [0.1, 0.15) is 31.2 Å². The number of carbonyl (C=O) groups excluding carboxylic acids is 1. The number of rotatable bonds is 4. The van der Waals surface area contributed by atoms with Crippen molar-refractivity contribution in [1.82, 2.24) is 5.43 Å². The molecule has 2 atom stereocenters. The number of amides is 1. The highest BCUT2D eigenvalue weighted by atomic mass is 32.2. The highest BCUT2D eigenvalue weighted by Crippen LogP contribution is 2.55. The van der Waals surface area contributed by atoms with Crippen molar-refractivity contribution in [2.75, 3.05) is 6.26 Å². The summed E-state index contributed by atoms with van der Waals surface area (Å²) >= 11 is 1.72. The van der Waals surface area contributed by atoms with E-state index in [1.807, 2.05) is 12.1 Å². The van der Waals surface area contributed by atoms with Crippen LogP contribution in [0.4, 0.5) is 0 Å². The maximum atomic E-state index is 12.0. The van der Waals surface area contributed by atoms with Gasteiger partial charge in [-0.05, 0) is 48.6 Å². The molecule has 3 nitrogen and oxygen atoms in total. The van der Waals surface area contributed by atoms with Crippen molar-refractivity contribution in [2.24, 2.45) is 22.9 Å². The van der Waals surface area contributed by atoms with Gasteiger partial charge in [-0.15, -0.1) is 11.8 Å². The Kier molecular flexibility index (Phi) is 4.10. The lowest BCUT2D eigenvalue weighted by molar-refractivity contribution is -0.122. The molecule has 0 aromatic heterocycles. The van der Waals surface area contributed by atoms with Gasteiger partial charge >= 0.3 is 0 Å². The molecule has 3 rings (SSSR count). The second-order valence-corrected chi connectivity index (χ2v) is 6.53. The molecule has 2 saturated carbocycles. The number of nitrogens with one attached hydrogen (secondary N) is 1. The molecular formula is C16H20N2OS. The Morgan fingerprint density at radius 2 is 1.90 bits per heavy atom. The van der Waals surface area contributed by atoms with Gasteiger partial charge in [-0.3, -0.25) is 4.79 Å². The zero-order chi connectivity index (χ0) is 13.9. The number of benzene rings is 1. The summed E-state index contributed by atoms with van der Waals surface area (Å²) in [5.74, 6) is 1.62. The Labute approximate surface area is 124 Å². The van der Waals surface area contributed by atoms with E-state index in [2.05, 4.69) is 28.9 Å². The summed E-state index contributed by atoms with van der Waals surface area (Å²) in [5.41, 5.74) is 3.71. The summed E-state index contributed by atoms with van der Waals surface area (Å²) in [5, 5.41) is 4.08. The highest BCUT2D eigenvalue weighted by Gasteiger charge is 2.54. The molecule has 2 unspecified atom stereocenters. The quantitative estimate of drug-likeness (QED) is 0.525. The van der Waals surface area contributed by atoms with Crippen LogP contribution < -0.4 is 5.43 Å². The third-order valence-corrected chi connectivity index (χ3v) is 5.21. The van der Waals surface area contributed by atoms with Gasteiger partial charge in [0, 0.05) is 10.8 Å². The second kappa shape index (κ2) is 6.00. The Morgan fingerprint density at radius 3 is 2.50 bits per heavy atom. The fourth-order valence-corrected chi connectivity index (χ4v) is 3.72. The van der Waals surface area contributed by atoms with E-state index in [1.54, 1.807) is 18.0 Å². The van der Waals surface area contributed by atoms with Crippen LogP contribution >= 0.6 is 11.8 Å². The number of carbonyl (C=O) groups is 1. The average molecular weight is 288 g/mol. The molecule has 4 heteroatoms. The van der Waals surface area contributed by atoms with Crippen LogP contribution in [-0.4, -0.2) is 18.4 Å². The number of fused-ring (bicyclic) bond motifs is 1. The predicted molar refractivity (Wildman–Crippen MR) is 82.9 cm³/mol. The number of hydrogen-bond donors (Lipinski definition) is 1. The lowest BCUT2D eigenvalue weighted by Gasteiger charge is -2.04. The minimum atomic E-state index is 0.110. The Morgan fingerprint density at radius 1 is 1.25 bits per heavy atom. The molecule has 0 bridgehead atoms. The summed E-state index contributed by atoms with van der Waals surface area (Å²) in [7, 11) is 0. The molecule has 1 aromatic carbocycles. The maximum Gasteiger partial charge on any atom is 0.243 e. The van der Waals surface area contributed by atoms with E-state index in [0.717, 1.165) is 5.56 Å². The largest absolute Gasteiger partial charge is 0.273 e. The SMILES string of the molecule is CSc1ccc(C=NNC(=O)C2C3CCCCC32)cc1. The number of thioether (sulfide) groups is 1. The number of nitrogens with zero attached hydrogens (tertiary/aromatic N) is 1. The van der Waals surface area contributed by atoms with Gasteiger partial charge in [0.1, 0.15) is 0 Å². The van der Waals surface area contributed by atoms with E-state index >= 15 is 0 Å². The number of hydrazone groups is 1. The average Bonchev–Trinajstić information content (AvgIpc) is 3.22. The van der Waals surface area contributed by atoms with Crippen LogP contribution in [0.5, 0.6) is 0 Å². The second-order valence-electron chi connectivity index (χ2n) is 5.65. The molecule has 0 aliphatic heterocycles. The summed E-state index contributed by atoms with van der Waals surface area (Å²) in [6.45, 7) is 0. The van der Waals surface area contributed by atoms with Crippen LogP contribution in [0.2, 0.25) is 0 Å². The molecule has 0 heterocycles. The molecule has 0 spiro atoms. The Bertz CT molecular complexity index is 500. The van der Waals surface area contributed by atoms with Gasteiger partial charge in [-0.1, -0.05) is 25.0 Å². The number of hydrogen-bond acceptors (Lipinski definition) is 3.